The summed E-state index contributed by atoms with van der Waals surface area (Å²) in [6.45, 7) is 4.49. The minimum absolute atomic E-state index is 0.155. The summed E-state index contributed by atoms with van der Waals surface area (Å²) in [4.78, 5) is 51.3. The molecule has 1 aromatic carbocycles. The molecule has 1 heterocycles. The van der Waals surface area contributed by atoms with Crippen molar-refractivity contribution in [1.82, 2.24) is 0 Å². The van der Waals surface area contributed by atoms with E-state index in [1.165, 1.54) is 18.7 Å². The van der Waals surface area contributed by atoms with E-state index >= 15 is 0 Å². The van der Waals surface area contributed by atoms with Crippen molar-refractivity contribution in [2.45, 2.75) is 33.1 Å². The van der Waals surface area contributed by atoms with E-state index in [-0.39, 0.29) is 12.5 Å². The first-order valence-corrected chi connectivity index (χ1v) is 8.83. The molecule has 6 nitrogen and oxygen atoms in total. The Balaban J connectivity index is 2.58. The largest absolute Gasteiger partial charge is 0.465 e. The molecule has 0 aromatic heterocycles. The van der Waals surface area contributed by atoms with E-state index in [9.17, 15) is 19.2 Å². The average Bonchev–Trinajstić information content (AvgIpc) is 2.80. The highest BCUT2D eigenvalue weighted by Crippen LogP contribution is 2.44. The molecule has 2 rings (SSSR count). The number of hydrogen-bond donors (Lipinski definition) is 0. The van der Waals surface area contributed by atoms with Crippen LogP contribution in [0.15, 0.2) is 18.2 Å². The lowest BCUT2D eigenvalue weighted by atomic mass is 9.75. The fourth-order valence-corrected chi connectivity index (χ4v) is 3.60. The molecule has 0 N–H and O–H groups in total. The quantitative estimate of drug-likeness (QED) is 0.537. The Morgan fingerprint density at radius 2 is 1.85 bits per heavy atom. The molecule has 0 bridgehead atoms. The average molecular weight is 380 g/mol. The SMILES string of the molecule is CCCOC(=O)C(C(C(C)=O)C(C)=O)C1C(=O)N(C)c2cc(Cl)ccc21. The van der Waals surface area contributed by atoms with Gasteiger partial charge in [0.05, 0.1) is 24.4 Å². The van der Waals surface area contributed by atoms with Crippen molar-refractivity contribution >= 4 is 40.7 Å². The predicted octanol–water partition coefficient (Wildman–Crippen LogP) is 2.76. The Labute approximate surface area is 157 Å². The second-order valence-electron chi connectivity index (χ2n) is 6.47. The van der Waals surface area contributed by atoms with Crippen LogP contribution in [0.25, 0.3) is 0 Å². The van der Waals surface area contributed by atoms with Crippen LogP contribution in [0.1, 0.15) is 38.7 Å². The van der Waals surface area contributed by atoms with E-state index in [0.29, 0.717) is 22.7 Å². The zero-order chi connectivity index (χ0) is 19.6. The molecule has 2 unspecified atom stereocenters. The van der Waals surface area contributed by atoms with Crippen LogP contribution < -0.4 is 4.90 Å². The molecule has 140 valence electrons. The van der Waals surface area contributed by atoms with Crippen LogP contribution in [-0.2, 0) is 23.9 Å². The zero-order valence-corrected chi connectivity index (χ0v) is 16.0. The third kappa shape index (κ3) is 3.65. The van der Waals surface area contributed by atoms with Gasteiger partial charge in [0.2, 0.25) is 5.91 Å². The molecule has 0 saturated heterocycles. The highest BCUT2D eigenvalue weighted by molar-refractivity contribution is 6.31. The summed E-state index contributed by atoms with van der Waals surface area (Å²) in [5.41, 5.74) is 1.12. The molecular weight excluding hydrogens is 358 g/mol. The second kappa shape index (κ2) is 7.99. The number of ketones is 2. The molecule has 0 saturated carbocycles. The van der Waals surface area contributed by atoms with E-state index in [1.807, 2.05) is 6.92 Å². The van der Waals surface area contributed by atoms with Gasteiger partial charge >= 0.3 is 5.97 Å². The first-order chi connectivity index (χ1) is 12.2. The number of hydrogen-bond acceptors (Lipinski definition) is 5. The van der Waals surface area contributed by atoms with Crippen molar-refractivity contribution in [3.63, 3.8) is 0 Å². The Morgan fingerprint density at radius 3 is 2.38 bits per heavy atom. The van der Waals surface area contributed by atoms with Crippen LogP contribution in [-0.4, -0.2) is 37.1 Å². The van der Waals surface area contributed by atoms with Gasteiger partial charge in [0, 0.05) is 17.8 Å². The minimum Gasteiger partial charge on any atom is -0.465 e. The van der Waals surface area contributed by atoms with Gasteiger partial charge in [-0.05, 0) is 38.0 Å². The second-order valence-corrected chi connectivity index (χ2v) is 6.91. The Kier molecular flexibility index (Phi) is 6.18. The van der Waals surface area contributed by atoms with Crippen LogP contribution in [0.3, 0.4) is 0 Å². The molecular formula is C19H22ClNO5. The summed E-state index contributed by atoms with van der Waals surface area (Å²) in [6.07, 6.45) is 0.591. The summed E-state index contributed by atoms with van der Waals surface area (Å²) < 4.78 is 5.23. The molecule has 0 aliphatic carbocycles. The fraction of sp³-hybridized carbons (Fsp3) is 0.474. The van der Waals surface area contributed by atoms with E-state index < -0.39 is 35.3 Å². The lowest BCUT2D eigenvalue weighted by Gasteiger charge is -2.26. The summed E-state index contributed by atoms with van der Waals surface area (Å²) >= 11 is 6.02. The Hall–Kier alpha value is -2.21. The van der Waals surface area contributed by atoms with Gasteiger partial charge in [-0.2, -0.15) is 0 Å². The monoisotopic (exact) mass is 379 g/mol. The maximum Gasteiger partial charge on any atom is 0.311 e. The normalized spacial score (nSPS) is 17.2. The van der Waals surface area contributed by atoms with Crippen molar-refractivity contribution in [3.05, 3.63) is 28.8 Å². The lowest BCUT2D eigenvalue weighted by molar-refractivity contribution is -0.157. The van der Waals surface area contributed by atoms with Gasteiger partial charge in [0.1, 0.15) is 11.6 Å². The Morgan fingerprint density at radius 1 is 1.23 bits per heavy atom. The smallest absolute Gasteiger partial charge is 0.311 e. The van der Waals surface area contributed by atoms with Gasteiger partial charge in [0.25, 0.3) is 0 Å². The van der Waals surface area contributed by atoms with E-state index in [4.69, 9.17) is 16.3 Å². The first-order valence-electron chi connectivity index (χ1n) is 8.45. The molecule has 0 spiro atoms. The van der Waals surface area contributed by atoms with Crippen molar-refractivity contribution in [2.75, 3.05) is 18.6 Å². The molecule has 1 aliphatic heterocycles. The van der Waals surface area contributed by atoms with Gasteiger partial charge in [-0.25, -0.2) is 0 Å². The summed E-state index contributed by atoms with van der Waals surface area (Å²) in [5.74, 6) is -5.40. The number of Topliss-reactive ketones (excluding diaryl/α,β-unsaturated/α-hetero) is 2. The molecule has 1 amide bonds. The summed E-state index contributed by atoms with van der Waals surface area (Å²) in [6, 6.07) is 4.89. The topological polar surface area (TPSA) is 80.8 Å². The number of amides is 1. The zero-order valence-electron chi connectivity index (χ0n) is 15.2. The number of esters is 1. The highest BCUT2D eigenvalue weighted by atomic mass is 35.5. The van der Waals surface area contributed by atoms with Crippen molar-refractivity contribution in [3.8, 4) is 0 Å². The van der Waals surface area contributed by atoms with Gasteiger partial charge in [-0.1, -0.05) is 24.6 Å². The summed E-state index contributed by atoms with van der Waals surface area (Å²) in [7, 11) is 1.57. The highest BCUT2D eigenvalue weighted by Gasteiger charge is 2.50. The fourth-order valence-electron chi connectivity index (χ4n) is 3.43. The van der Waals surface area contributed by atoms with Gasteiger partial charge in [-0.3, -0.25) is 19.2 Å². The van der Waals surface area contributed by atoms with Crippen molar-refractivity contribution in [2.24, 2.45) is 11.8 Å². The molecule has 7 heteroatoms. The molecule has 0 fully saturated rings. The van der Waals surface area contributed by atoms with E-state index in [2.05, 4.69) is 0 Å². The number of rotatable bonds is 7. The minimum atomic E-state index is -1.23. The van der Waals surface area contributed by atoms with Crippen molar-refractivity contribution in [1.29, 1.82) is 0 Å². The van der Waals surface area contributed by atoms with Crippen LogP contribution in [0, 0.1) is 11.8 Å². The van der Waals surface area contributed by atoms with Crippen LogP contribution in [0.5, 0.6) is 0 Å². The number of anilines is 1. The number of nitrogens with zero attached hydrogens (tertiary/aromatic N) is 1. The number of fused-ring (bicyclic) bond motifs is 1. The molecule has 0 radical (unpaired) electrons. The first kappa shape index (κ1) is 20.1. The van der Waals surface area contributed by atoms with Gasteiger partial charge < -0.3 is 9.64 Å². The molecule has 1 aromatic rings. The third-order valence-electron chi connectivity index (χ3n) is 4.60. The standard InChI is InChI=1S/C19H22ClNO5/c1-5-8-26-19(25)17(15(10(2)22)11(3)23)16-13-7-6-12(20)9-14(13)21(4)18(16)24/h6-7,9,15-17H,5,8H2,1-4H3. The maximum absolute atomic E-state index is 12.9. The maximum atomic E-state index is 12.9. The summed E-state index contributed by atoms with van der Waals surface area (Å²) in [5, 5.41) is 0.448. The number of halogens is 1. The lowest BCUT2D eigenvalue weighted by Crippen LogP contribution is -2.42. The van der Waals surface area contributed by atoms with Crippen LogP contribution in [0.2, 0.25) is 5.02 Å². The molecule has 2 atom stereocenters. The van der Waals surface area contributed by atoms with E-state index in [1.54, 1.807) is 25.2 Å². The third-order valence-corrected chi connectivity index (χ3v) is 4.84. The van der Waals surface area contributed by atoms with Crippen LogP contribution >= 0.6 is 11.6 Å². The Bertz CT molecular complexity index is 746. The van der Waals surface area contributed by atoms with Crippen molar-refractivity contribution < 1.29 is 23.9 Å². The number of carbonyl (C=O) groups excluding carboxylic acids is 4. The number of carbonyl (C=O) groups is 4. The number of ether oxygens (including phenoxy) is 1. The predicted molar refractivity (Wildman–Crippen MR) is 97.2 cm³/mol. The molecule has 1 aliphatic rings. The van der Waals surface area contributed by atoms with Gasteiger partial charge in [0.15, 0.2) is 0 Å². The number of likely N-dealkylation sites (N-methyl/N-ethyl adjacent to an activating group) is 1. The van der Waals surface area contributed by atoms with E-state index in [0.717, 1.165) is 0 Å². The van der Waals surface area contributed by atoms with Gasteiger partial charge in [-0.15, -0.1) is 0 Å². The number of benzene rings is 1. The van der Waals surface area contributed by atoms with Crippen LogP contribution in [0.4, 0.5) is 5.69 Å². The molecule has 26 heavy (non-hydrogen) atoms.